The number of hydrogen-bond acceptors (Lipinski definition) is 3. The molecule has 1 aromatic carbocycles. The van der Waals surface area contributed by atoms with Gasteiger partial charge in [-0.2, -0.15) is 12.6 Å². The third kappa shape index (κ3) is 6.41. The van der Waals surface area contributed by atoms with Crippen LogP contribution in [0, 0.1) is 0 Å². The van der Waals surface area contributed by atoms with Crippen molar-refractivity contribution in [2.45, 2.75) is 25.8 Å². The fourth-order valence-electron chi connectivity index (χ4n) is 1.71. The van der Waals surface area contributed by atoms with E-state index in [0.29, 0.717) is 11.6 Å². The first kappa shape index (κ1) is 19.1. The molecule has 6 heteroatoms. The first-order valence-corrected chi connectivity index (χ1v) is 6.93. The van der Waals surface area contributed by atoms with Crippen molar-refractivity contribution in [2.24, 2.45) is 0 Å². The van der Waals surface area contributed by atoms with E-state index in [1.54, 1.807) is 19.1 Å². The van der Waals surface area contributed by atoms with E-state index < -0.39 is 12.0 Å². The van der Waals surface area contributed by atoms with Gasteiger partial charge in [-0.25, -0.2) is 4.79 Å². The summed E-state index contributed by atoms with van der Waals surface area (Å²) in [6.45, 7) is 2.40. The number of halogens is 1. The molecule has 0 aliphatic carbocycles. The average Bonchev–Trinajstić information content (AvgIpc) is 2.35. The summed E-state index contributed by atoms with van der Waals surface area (Å²) in [6, 6.07) is 6.70. The van der Waals surface area contributed by atoms with Gasteiger partial charge in [-0.15, -0.1) is 0 Å². The van der Waals surface area contributed by atoms with Crippen molar-refractivity contribution in [1.29, 1.82) is 0 Å². The molecule has 19 heavy (non-hydrogen) atoms. The second-order valence-corrected chi connectivity index (χ2v) is 5.00. The number of carbonyl (C=O) groups is 1. The molecule has 1 atom stereocenters. The molecule has 3 nitrogen and oxygen atoms in total. The molecular formula is C13H19ClNNaO2S. The molecule has 102 valence electrons. The normalized spacial score (nSPS) is 11.5. The van der Waals surface area contributed by atoms with Gasteiger partial charge in [0.15, 0.2) is 0 Å². The van der Waals surface area contributed by atoms with Crippen molar-refractivity contribution in [1.82, 2.24) is 0 Å². The number of rotatable bonds is 7. The standard InChI is InChI=1S/C13H18ClNO2S.Na.H/c1-10(13(16)17)15(8-2-3-9-18)12-6-4-11(14)5-7-12;;/h4-7,10,18H,2-3,8-9H2,1H3,(H,16,17);;/t10-;;/m0../s1. The van der Waals surface area contributed by atoms with Crippen LogP contribution in [0.1, 0.15) is 19.8 Å². The Morgan fingerprint density at radius 2 is 1.95 bits per heavy atom. The first-order valence-electron chi connectivity index (χ1n) is 5.92. The predicted octanol–water partition coefficient (Wildman–Crippen LogP) is 2.68. The van der Waals surface area contributed by atoms with E-state index >= 15 is 0 Å². The number of thiol groups is 1. The van der Waals surface area contributed by atoms with Gasteiger partial charge in [0.25, 0.3) is 0 Å². The summed E-state index contributed by atoms with van der Waals surface area (Å²) in [5, 5.41) is 9.79. The number of hydrogen-bond donors (Lipinski definition) is 2. The van der Waals surface area contributed by atoms with Crippen molar-refractivity contribution in [3.05, 3.63) is 29.3 Å². The van der Waals surface area contributed by atoms with Crippen molar-refractivity contribution in [2.75, 3.05) is 17.2 Å². The maximum atomic E-state index is 11.1. The Hall–Kier alpha value is 0.130. The summed E-state index contributed by atoms with van der Waals surface area (Å²) in [6.07, 6.45) is 1.89. The molecule has 0 heterocycles. The molecule has 0 saturated heterocycles. The molecule has 0 aliphatic heterocycles. The summed E-state index contributed by atoms with van der Waals surface area (Å²) in [5.74, 6) is -0.00792. The van der Waals surface area contributed by atoms with Gasteiger partial charge in [0.1, 0.15) is 6.04 Å². The zero-order valence-electron chi connectivity index (χ0n) is 10.3. The van der Waals surface area contributed by atoms with Gasteiger partial charge in [-0.05, 0) is 49.8 Å². The minimum atomic E-state index is -0.823. The number of unbranched alkanes of at least 4 members (excludes halogenated alkanes) is 1. The molecule has 0 bridgehead atoms. The van der Waals surface area contributed by atoms with E-state index in [-0.39, 0.29) is 29.6 Å². The third-order valence-electron chi connectivity index (χ3n) is 2.79. The van der Waals surface area contributed by atoms with Crippen LogP contribution >= 0.6 is 24.2 Å². The van der Waals surface area contributed by atoms with Crippen molar-refractivity contribution >= 4 is 65.4 Å². The van der Waals surface area contributed by atoms with Gasteiger partial charge >= 0.3 is 35.5 Å². The Bertz CT molecular complexity index is 389. The number of nitrogens with zero attached hydrogens (tertiary/aromatic N) is 1. The van der Waals surface area contributed by atoms with E-state index in [2.05, 4.69) is 12.6 Å². The number of carboxylic acid groups (broad SMARTS) is 1. The van der Waals surface area contributed by atoms with E-state index in [0.717, 1.165) is 24.3 Å². The molecule has 0 aromatic heterocycles. The number of carboxylic acids is 1. The molecule has 0 aliphatic rings. The van der Waals surface area contributed by atoms with Gasteiger partial charge in [0.05, 0.1) is 0 Å². The van der Waals surface area contributed by atoms with Gasteiger partial charge < -0.3 is 10.0 Å². The second kappa shape index (κ2) is 9.94. The number of aliphatic carboxylic acids is 1. The molecule has 1 rings (SSSR count). The molecule has 1 aromatic rings. The van der Waals surface area contributed by atoms with E-state index in [4.69, 9.17) is 16.7 Å². The molecule has 0 radical (unpaired) electrons. The second-order valence-electron chi connectivity index (χ2n) is 4.11. The fourth-order valence-corrected chi connectivity index (χ4v) is 2.06. The Kier molecular flexibility index (Phi) is 10.0. The fraction of sp³-hybridized carbons (Fsp3) is 0.462. The monoisotopic (exact) mass is 311 g/mol. The van der Waals surface area contributed by atoms with Crippen LogP contribution in [0.4, 0.5) is 5.69 Å². The predicted molar refractivity (Wildman–Crippen MR) is 86.1 cm³/mol. The van der Waals surface area contributed by atoms with E-state index in [1.165, 1.54) is 0 Å². The van der Waals surface area contributed by atoms with Crippen LogP contribution in [-0.4, -0.2) is 59.0 Å². The molecule has 1 N–H and O–H groups in total. The molecule has 0 saturated carbocycles. The minimum absolute atomic E-state index is 0. The van der Waals surface area contributed by atoms with E-state index in [1.807, 2.05) is 17.0 Å². The zero-order chi connectivity index (χ0) is 13.5. The van der Waals surface area contributed by atoms with Crippen LogP contribution in [0.3, 0.4) is 0 Å². The quantitative estimate of drug-likeness (QED) is 0.462. The Morgan fingerprint density at radius 1 is 1.37 bits per heavy atom. The summed E-state index contributed by atoms with van der Waals surface area (Å²) in [5.41, 5.74) is 0.883. The number of benzene rings is 1. The van der Waals surface area contributed by atoms with Gasteiger partial charge in [-0.3, -0.25) is 0 Å². The zero-order valence-corrected chi connectivity index (χ0v) is 12.0. The SMILES string of the molecule is C[C@@H](C(=O)O)N(CCCCS)c1ccc(Cl)cc1.[NaH]. The molecule has 0 spiro atoms. The average molecular weight is 312 g/mol. The Morgan fingerprint density at radius 3 is 2.42 bits per heavy atom. The summed E-state index contributed by atoms with van der Waals surface area (Å²) in [4.78, 5) is 13.0. The van der Waals surface area contributed by atoms with Crippen molar-refractivity contribution < 1.29 is 9.90 Å². The Balaban J connectivity index is 0.00000324. The van der Waals surface area contributed by atoms with Gasteiger partial charge in [0, 0.05) is 17.3 Å². The van der Waals surface area contributed by atoms with Crippen LogP contribution in [0.5, 0.6) is 0 Å². The van der Waals surface area contributed by atoms with Crippen LogP contribution in [-0.2, 0) is 4.79 Å². The summed E-state index contributed by atoms with van der Waals surface area (Å²) < 4.78 is 0. The van der Waals surface area contributed by atoms with Crippen LogP contribution in [0.25, 0.3) is 0 Å². The molecule has 0 unspecified atom stereocenters. The molecule has 0 fully saturated rings. The van der Waals surface area contributed by atoms with Crippen molar-refractivity contribution in [3.8, 4) is 0 Å². The topological polar surface area (TPSA) is 40.5 Å². The molecule has 0 amide bonds. The van der Waals surface area contributed by atoms with Crippen molar-refractivity contribution in [3.63, 3.8) is 0 Å². The Labute approximate surface area is 147 Å². The summed E-state index contributed by atoms with van der Waals surface area (Å²) >= 11 is 10.0. The molecular weight excluding hydrogens is 293 g/mol. The van der Waals surface area contributed by atoms with Gasteiger partial charge in [0.2, 0.25) is 0 Å². The van der Waals surface area contributed by atoms with Crippen LogP contribution in [0.15, 0.2) is 24.3 Å². The van der Waals surface area contributed by atoms with Gasteiger partial charge in [-0.1, -0.05) is 11.6 Å². The number of anilines is 1. The third-order valence-corrected chi connectivity index (χ3v) is 3.36. The summed E-state index contributed by atoms with van der Waals surface area (Å²) in [7, 11) is 0. The maximum absolute atomic E-state index is 11.1. The van der Waals surface area contributed by atoms with Crippen LogP contribution in [0.2, 0.25) is 5.02 Å². The first-order chi connectivity index (χ1) is 8.56. The van der Waals surface area contributed by atoms with Crippen LogP contribution < -0.4 is 4.90 Å². The van der Waals surface area contributed by atoms with E-state index in [9.17, 15) is 4.79 Å².